The van der Waals surface area contributed by atoms with Crippen LogP contribution in [0.5, 0.6) is 23.0 Å². The SMILES string of the molecule is COc1ccc2c(c1)[nH]c(=O)n2C(=O)c1cc(OC)c(OC)c(OC)c1. The van der Waals surface area contributed by atoms with E-state index in [1.165, 1.54) is 40.6 Å². The lowest BCUT2D eigenvalue weighted by Gasteiger charge is -2.13. The molecule has 3 aromatic rings. The Morgan fingerprint density at radius 2 is 1.58 bits per heavy atom. The van der Waals surface area contributed by atoms with Crippen LogP contribution in [0, 0.1) is 0 Å². The first-order chi connectivity index (χ1) is 12.5. The minimum Gasteiger partial charge on any atom is -0.497 e. The summed E-state index contributed by atoms with van der Waals surface area (Å²) in [6.07, 6.45) is 0. The molecule has 3 rings (SSSR count). The maximum absolute atomic E-state index is 13.0. The highest BCUT2D eigenvalue weighted by atomic mass is 16.5. The number of nitrogens with one attached hydrogen (secondary N) is 1. The average molecular weight is 358 g/mol. The highest BCUT2D eigenvalue weighted by Gasteiger charge is 2.21. The third kappa shape index (κ3) is 2.75. The predicted octanol–water partition coefficient (Wildman–Crippen LogP) is 2.05. The Balaban J connectivity index is 2.17. The lowest BCUT2D eigenvalue weighted by atomic mass is 10.1. The van der Waals surface area contributed by atoms with Crippen LogP contribution in [0.25, 0.3) is 11.0 Å². The van der Waals surface area contributed by atoms with Crippen LogP contribution in [0.15, 0.2) is 35.1 Å². The molecule has 0 aliphatic rings. The van der Waals surface area contributed by atoms with E-state index in [9.17, 15) is 9.59 Å². The van der Waals surface area contributed by atoms with Crippen LogP contribution in [0.3, 0.4) is 0 Å². The van der Waals surface area contributed by atoms with Crippen molar-refractivity contribution in [3.05, 3.63) is 46.4 Å². The maximum Gasteiger partial charge on any atom is 0.333 e. The molecule has 0 aliphatic heterocycles. The first-order valence-electron chi connectivity index (χ1n) is 7.67. The normalized spacial score (nSPS) is 10.6. The van der Waals surface area contributed by atoms with E-state index in [2.05, 4.69) is 4.98 Å². The average Bonchev–Trinajstić information content (AvgIpc) is 3.00. The summed E-state index contributed by atoms with van der Waals surface area (Å²) in [5.41, 5.74) is 0.606. The van der Waals surface area contributed by atoms with Crippen molar-refractivity contribution in [1.82, 2.24) is 9.55 Å². The van der Waals surface area contributed by atoms with Crippen LogP contribution in [0.1, 0.15) is 10.4 Å². The number of nitrogens with zero attached hydrogens (tertiary/aromatic N) is 1. The van der Waals surface area contributed by atoms with Crippen molar-refractivity contribution >= 4 is 16.9 Å². The molecule has 0 unspecified atom stereocenters. The van der Waals surface area contributed by atoms with Crippen molar-refractivity contribution in [3.63, 3.8) is 0 Å². The first-order valence-corrected chi connectivity index (χ1v) is 7.67. The summed E-state index contributed by atoms with van der Waals surface area (Å²) < 4.78 is 22.0. The van der Waals surface area contributed by atoms with Crippen molar-refractivity contribution in [2.24, 2.45) is 0 Å². The van der Waals surface area contributed by atoms with Crippen LogP contribution in [0.4, 0.5) is 0 Å². The monoisotopic (exact) mass is 358 g/mol. The Bertz CT molecular complexity index is 1010. The third-order valence-corrected chi connectivity index (χ3v) is 4.00. The number of carbonyl (C=O) groups is 1. The minimum atomic E-state index is -0.549. The van der Waals surface area contributed by atoms with Crippen LogP contribution in [-0.2, 0) is 0 Å². The molecule has 2 aromatic carbocycles. The van der Waals surface area contributed by atoms with Gasteiger partial charge in [-0.3, -0.25) is 4.79 Å². The lowest BCUT2D eigenvalue weighted by molar-refractivity contribution is 0.0960. The predicted molar refractivity (Wildman–Crippen MR) is 94.9 cm³/mol. The molecule has 8 heteroatoms. The number of ether oxygens (including phenoxy) is 4. The van der Waals surface area contributed by atoms with Crippen LogP contribution >= 0.6 is 0 Å². The largest absolute Gasteiger partial charge is 0.497 e. The molecule has 0 fully saturated rings. The Hall–Kier alpha value is -3.42. The van der Waals surface area contributed by atoms with E-state index in [1.54, 1.807) is 18.2 Å². The van der Waals surface area contributed by atoms with E-state index < -0.39 is 11.6 Å². The quantitative estimate of drug-likeness (QED) is 0.751. The van der Waals surface area contributed by atoms with Gasteiger partial charge < -0.3 is 23.9 Å². The second-order valence-electron chi connectivity index (χ2n) is 5.37. The number of methoxy groups -OCH3 is 4. The molecule has 8 nitrogen and oxygen atoms in total. The highest BCUT2D eigenvalue weighted by molar-refractivity contribution is 6.02. The van der Waals surface area contributed by atoms with E-state index in [-0.39, 0.29) is 5.56 Å². The molecule has 1 N–H and O–H groups in total. The summed E-state index contributed by atoms with van der Waals surface area (Å²) in [7, 11) is 5.90. The number of hydrogen-bond acceptors (Lipinski definition) is 6. The van der Waals surface area contributed by atoms with Gasteiger partial charge >= 0.3 is 5.69 Å². The van der Waals surface area contributed by atoms with Gasteiger partial charge in [-0.25, -0.2) is 9.36 Å². The number of imidazole rings is 1. The first kappa shape index (κ1) is 17.4. The Morgan fingerprint density at radius 1 is 0.923 bits per heavy atom. The zero-order valence-corrected chi connectivity index (χ0v) is 14.8. The Labute approximate surface area is 148 Å². The third-order valence-electron chi connectivity index (χ3n) is 4.00. The standard InChI is InChI=1S/C18H18N2O6/c1-23-11-5-6-13-12(9-11)19-18(22)20(13)17(21)10-7-14(24-2)16(26-4)15(8-10)25-3/h5-9H,1-4H3,(H,19,22). The second kappa shape index (κ2) is 6.83. The number of rotatable bonds is 5. The van der Waals surface area contributed by atoms with Crippen molar-refractivity contribution in [2.75, 3.05) is 28.4 Å². The zero-order chi connectivity index (χ0) is 18.8. The molecular formula is C18H18N2O6. The molecule has 1 aromatic heterocycles. The molecule has 26 heavy (non-hydrogen) atoms. The van der Waals surface area contributed by atoms with Gasteiger partial charge in [0.25, 0.3) is 5.91 Å². The summed E-state index contributed by atoms with van der Waals surface area (Å²) in [6, 6.07) is 7.96. The number of carbonyl (C=O) groups excluding carboxylic acids is 1. The Kier molecular flexibility index (Phi) is 4.57. The van der Waals surface area contributed by atoms with E-state index in [1.807, 2.05) is 0 Å². The molecule has 0 radical (unpaired) electrons. The molecule has 0 bridgehead atoms. The van der Waals surface area contributed by atoms with E-state index >= 15 is 0 Å². The zero-order valence-electron chi connectivity index (χ0n) is 14.8. The van der Waals surface area contributed by atoms with Gasteiger partial charge in [0.1, 0.15) is 5.75 Å². The van der Waals surface area contributed by atoms with Crippen LogP contribution < -0.4 is 24.6 Å². The molecule has 0 saturated heterocycles. The summed E-state index contributed by atoms with van der Waals surface area (Å²) in [5.74, 6) is 1.06. The van der Waals surface area contributed by atoms with Gasteiger partial charge in [0, 0.05) is 11.6 Å². The number of H-pyrrole nitrogens is 1. The van der Waals surface area contributed by atoms with Gasteiger partial charge in [0.2, 0.25) is 5.75 Å². The highest BCUT2D eigenvalue weighted by Crippen LogP contribution is 2.38. The molecule has 0 aliphatic carbocycles. The van der Waals surface area contributed by atoms with Gasteiger partial charge in [0.15, 0.2) is 11.5 Å². The number of fused-ring (bicyclic) bond motifs is 1. The molecule has 0 spiro atoms. The van der Waals surface area contributed by atoms with Crippen molar-refractivity contribution in [3.8, 4) is 23.0 Å². The molecule has 0 atom stereocenters. The summed E-state index contributed by atoms with van der Waals surface area (Å²) in [4.78, 5) is 28.0. The molecule has 0 amide bonds. The fourth-order valence-corrected chi connectivity index (χ4v) is 2.75. The number of aromatic nitrogens is 2. The smallest absolute Gasteiger partial charge is 0.333 e. The minimum absolute atomic E-state index is 0.221. The van der Waals surface area contributed by atoms with Gasteiger partial charge in [-0.1, -0.05) is 0 Å². The fraction of sp³-hybridized carbons (Fsp3) is 0.222. The number of aromatic amines is 1. The van der Waals surface area contributed by atoms with Crippen LogP contribution in [0.2, 0.25) is 0 Å². The molecule has 136 valence electrons. The molecule has 0 saturated carbocycles. The van der Waals surface area contributed by atoms with E-state index in [4.69, 9.17) is 18.9 Å². The molecular weight excluding hydrogens is 340 g/mol. The fourth-order valence-electron chi connectivity index (χ4n) is 2.75. The van der Waals surface area contributed by atoms with Gasteiger partial charge in [0.05, 0.1) is 39.5 Å². The number of hydrogen-bond donors (Lipinski definition) is 1. The summed E-state index contributed by atoms with van der Waals surface area (Å²) in [5, 5.41) is 0. The maximum atomic E-state index is 13.0. The van der Waals surface area contributed by atoms with Gasteiger partial charge in [-0.15, -0.1) is 0 Å². The second-order valence-corrected chi connectivity index (χ2v) is 5.37. The van der Waals surface area contributed by atoms with Crippen LogP contribution in [-0.4, -0.2) is 43.9 Å². The van der Waals surface area contributed by atoms with Gasteiger partial charge in [-0.05, 0) is 24.3 Å². The number of benzene rings is 2. The molecule has 1 heterocycles. The van der Waals surface area contributed by atoms with E-state index in [0.717, 1.165) is 4.57 Å². The van der Waals surface area contributed by atoms with Crippen molar-refractivity contribution in [1.29, 1.82) is 0 Å². The van der Waals surface area contributed by atoms with Gasteiger partial charge in [-0.2, -0.15) is 0 Å². The van der Waals surface area contributed by atoms with Crippen molar-refractivity contribution in [2.45, 2.75) is 0 Å². The topological polar surface area (TPSA) is 91.8 Å². The van der Waals surface area contributed by atoms with E-state index in [0.29, 0.717) is 34.0 Å². The Morgan fingerprint density at radius 3 is 2.12 bits per heavy atom. The lowest BCUT2D eigenvalue weighted by Crippen LogP contribution is -2.24. The van der Waals surface area contributed by atoms with Crippen molar-refractivity contribution < 1.29 is 23.7 Å². The summed E-state index contributed by atoms with van der Waals surface area (Å²) >= 11 is 0. The summed E-state index contributed by atoms with van der Waals surface area (Å²) in [6.45, 7) is 0.